The summed E-state index contributed by atoms with van der Waals surface area (Å²) in [6, 6.07) is 7.45. The molecule has 6 heteroatoms. The van der Waals surface area contributed by atoms with Gasteiger partial charge in [-0.25, -0.2) is 0 Å². The Morgan fingerprint density at radius 1 is 1.04 bits per heavy atom. The number of benzene rings is 1. The molecular formula is C21H29N3O3. The molecule has 2 saturated heterocycles. The van der Waals surface area contributed by atoms with Crippen molar-refractivity contribution in [1.29, 1.82) is 0 Å². The van der Waals surface area contributed by atoms with E-state index < -0.39 is 0 Å². The third-order valence-corrected chi connectivity index (χ3v) is 6.11. The summed E-state index contributed by atoms with van der Waals surface area (Å²) in [5.41, 5.74) is 0.545. The van der Waals surface area contributed by atoms with Gasteiger partial charge >= 0.3 is 0 Å². The monoisotopic (exact) mass is 371 g/mol. The van der Waals surface area contributed by atoms with Crippen LogP contribution < -0.4 is 5.32 Å². The van der Waals surface area contributed by atoms with Gasteiger partial charge in [0.2, 0.25) is 5.91 Å². The molecule has 6 nitrogen and oxygen atoms in total. The second-order valence-corrected chi connectivity index (χ2v) is 8.19. The van der Waals surface area contributed by atoms with Crippen LogP contribution in [0.2, 0.25) is 0 Å². The molecule has 2 aliphatic heterocycles. The number of carbonyl (C=O) groups is 2. The van der Waals surface area contributed by atoms with Gasteiger partial charge in [0.1, 0.15) is 5.75 Å². The van der Waals surface area contributed by atoms with E-state index in [0.717, 1.165) is 64.7 Å². The number of nitrogens with one attached hydrogen (secondary N) is 1. The van der Waals surface area contributed by atoms with E-state index in [-0.39, 0.29) is 23.5 Å². The lowest BCUT2D eigenvalue weighted by atomic mass is 9.93. The van der Waals surface area contributed by atoms with Crippen LogP contribution in [0.5, 0.6) is 5.75 Å². The first-order chi connectivity index (χ1) is 13.1. The Bertz CT molecular complexity index is 696. The molecule has 1 aromatic carbocycles. The van der Waals surface area contributed by atoms with Gasteiger partial charge in [-0.15, -0.1) is 0 Å². The fraction of sp³-hybridized carbons (Fsp3) is 0.619. The summed E-state index contributed by atoms with van der Waals surface area (Å²) in [7, 11) is 0. The molecular weight excluding hydrogens is 342 g/mol. The van der Waals surface area contributed by atoms with Gasteiger partial charge in [0.15, 0.2) is 0 Å². The number of hydrogen-bond donors (Lipinski definition) is 2. The minimum Gasteiger partial charge on any atom is -0.508 e. The predicted octanol–water partition coefficient (Wildman–Crippen LogP) is 1.99. The van der Waals surface area contributed by atoms with Crippen molar-refractivity contribution in [3.63, 3.8) is 0 Å². The third-order valence-electron chi connectivity index (χ3n) is 6.11. The van der Waals surface area contributed by atoms with E-state index in [2.05, 4.69) is 10.2 Å². The average molecular weight is 371 g/mol. The number of phenols is 1. The van der Waals surface area contributed by atoms with Gasteiger partial charge in [0.25, 0.3) is 5.91 Å². The minimum absolute atomic E-state index is 0.00955. The highest BCUT2D eigenvalue weighted by molar-refractivity contribution is 5.94. The van der Waals surface area contributed by atoms with Crippen molar-refractivity contribution >= 4 is 11.8 Å². The quantitative estimate of drug-likeness (QED) is 0.849. The Kier molecular flexibility index (Phi) is 5.34. The number of piperidine rings is 2. The first-order valence-corrected chi connectivity index (χ1v) is 10.2. The van der Waals surface area contributed by atoms with Gasteiger partial charge in [-0.1, -0.05) is 6.07 Å². The lowest BCUT2D eigenvalue weighted by molar-refractivity contribution is -0.127. The molecule has 2 amide bonds. The molecule has 1 aliphatic carbocycles. The second kappa shape index (κ2) is 7.89. The highest BCUT2D eigenvalue weighted by Crippen LogP contribution is 2.26. The first-order valence-electron chi connectivity index (χ1n) is 10.2. The van der Waals surface area contributed by atoms with Crippen LogP contribution in [0, 0.1) is 5.92 Å². The van der Waals surface area contributed by atoms with Crippen LogP contribution in [0.15, 0.2) is 24.3 Å². The van der Waals surface area contributed by atoms with Crippen LogP contribution in [0.1, 0.15) is 48.9 Å². The number of nitrogens with zero attached hydrogens (tertiary/aromatic N) is 2. The lowest BCUT2D eigenvalue weighted by Gasteiger charge is -2.42. The fourth-order valence-electron chi connectivity index (χ4n) is 4.35. The van der Waals surface area contributed by atoms with E-state index in [9.17, 15) is 14.7 Å². The van der Waals surface area contributed by atoms with Crippen molar-refractivity contribution in [2.45, 2.75) is 50.6 Å². The Hall–Kier alpha value is -2.08. The zero-order valence-electron chi connectivity index (χ0n) is 15.8. The van der Waals surface area contributed by atoms with Crippen molar-refractivity contribution in [2.75, 3.05) is 26.2 Å². The van der Waals surface area contributed by atoms with Crippen molar-refractivity contribution in [3.8, 4) is 5.75 Å². The molecule has 1 atom stereocenters. The van der Waals surface area contributed by atoms with Crippen LogP contribution >= 0.6 is 0 Å². The number of amides is 2. The molecule has 1 aromatic rings. The minimum atomic E-state index is -0.00955. The summed E-state index contributed by atoms with van der Waals surface area (Å²) in [6.45, 7) is 3.37. The van der Waals surface area contributed by atoms with Gasteiger partial charge in [-0.3, -0.25) is 14.5 Å². The van der Waals surface area contributed by atoms with E-state index >= 15 is 0 Å². The Morgan fingerprint density at radius 3 is 2.52 bits per heavy atom. The summed E-state index contributed by atoms with van der Waals surface area (Å²) in [5.74, 6) is 0.467. The summed E-state index contributed by atoms with van der Waals surface area (Å²) in [5, 5.41) is 12.7. The largest absolute Gasteiger partial charge is 0.508 e. The molecule has 0 radical (unpaired) electrons. The zero-order valence-corrected chi connectivity index (χ0v) is 15.8. The van der Waals surface area contributed by atoms with E-state index in [1.807, 2.05) is 4.90 Å². The zero-order chi connectivity index (χ0) is 18.8. The van der Waals surface area contributed by atoms with Crippen LogP contribution in [0.25, 0.3) is 0 Å². The molecule has 2 heterocycles. The lowest BCUT2D eigenvalue weighted by Crippen LogP contribution is -2.51. The van der Waals surface area contributed by atoms with Crippen molar-refractivity contribution < 1.29 is 14.7 Å². The Labute approximate surface area is 160 Å². The van der Waals surface area contributed by atoms with Crippen molar-refractivity contribution in [3.05, 3.63) is 29.8 Å². The van der Waals surface area contributed by atoms with Gasteiger partial charge in [0.05, 0.1) is 5.92 Å². The highest BCUT2D eigenvalue weighted by Gasteiger charge is 2.34. The number of rotatable bonds is 4. The van der Waals surface area contributed by atoms with Gasteiger partial charge < -0.3 is 15.3 Å². The molecule has 2 N–H and O–H groups in total. The topological polar surface area (TPSA) is 72.9 Å². The van der Waals surface area contributed by atoms with Crippen molar-refractivity contribution in [1.82, 2.24) is 15.1 Å². The molecule has 146 valence electrons. The highest BCUT2D eigenvalue weighted by atomic mass is 16.3. The normalized spacial score (nSPS) is 24.6. The molecule has 3 fully saturated rings. The van der Waals surface area contributed by atoms with Gasteiger partial charge in [0, 0.05) is 37.3 Å². The summed E-state index contributed by atoms with van der Waals surface area (Å²) >= 11 is 0. The molecule has 27 heavy (non-hydrogen) atoms. The number of hydrogen-bond acceptors (Lipinski definition) is 4. The first kappa shape index (κ1) is 18.3. The van der Waals surface area contributed by atoms with E-state index in [1.54, 1.807) is 18.2 Å². The molecule has 0 spiro atoms. The van der Waals surface area contributed by atoms with Gasteiger partial charge in [-0.05, 0) is 63.3 Å². The number of aromatic hydroxyl groups is 1. The smallest absolute Gasteiger partial charge is 0.253 e. The maximum absolute atomic E-state index is 12.6. The van der Waals surface area contributed by atoms with E-state index in [4.69, 9.17) is 0 Å². The molecule has 4 rings (SSSR count). The maximum Gasteiger partial charge on any atom is 0.253 e. The maximum atomic E-state index is 12.6. The SMILES string of the molecule is O=C(NC1CC1)C1CCCN(C2CCN(C(=O)c3cccc(O)c3)CC2)C1. The molecule has 1 unspecified atom stereocenters. The van der Waals surface area contributed by atoms with Crippen LogP contribution in [0.3, 0.4) is 0 Å². The van der Waals surface area contributed by atoms with Crippen molar-refractivity contribution in [2.24, 2.45) is 5.92 Å². The summed E-state index contributed by atoms with van der Waals surface area (Å²) in [6.07, 6.45) is 6.22. The number of phenolic OH excluding ortho intramolecular Hbond substituents is 1. The molecule has 0 aromatic heterocycles. The second-order valence-electron chi connectivity index (χ2n) is 8.19. The van der Waals surface area contributed by atoms with Crippen LogP contribution in [-0.2, 0) is 4.79 Å². The average Bonchev–Trinajstić information content (AvgIpc) is 3.51. The third kappa shape index (κ3) is 4.43. The Morgan fingerprint density at radius 2 is 1.81 bits per heavy atom. The number of likely N-dealkylation sites (tertiary alicyclic amines) is 2. The predicted molar refractivity (Wildman–Crippen MR) is 102 cm³/mol. The molecule has 3 aliphatic rings. The fourth-order valence-corrected chi connectivity index (χ4v) is 4.35. The van der Waals surface area contributed by atoms with Gasteiger partial charge in [-0.2, -0.15) is 0 Å². The van der Waals surface area contributed by atoms with Crippen LogP contribution in [-0.4, -0.2) is 65.0 Å². The van der Waals surface area contributed by atoms with Crippen LogP contribution in [0.4, 0.5) is 0 Å². The van der Waals surface area contributed by atoms with E-state index in [0.29, 0.717) is 17.6 Å². The summed E-state index contributed by atoms with van der Waals surface area (Å²) < 4.78 is 0. The Balaban J connectivity index is 1.29. The number of carbonyl (C=O) groups excluding carboxylic acids is 2. The summed E-state index contributed by atoms with van der Waals surface area (Å²) in [4.78, 5) is 29.4. The molecule has 1 saturated carbocycles. The standard InChI is InChI=1S/C21H29N3O3/c25-19-5-1-3-15(13-19)21(27)23-11-8-18(9-12-23)24-10-2-4-16(14-24)20(26)22-17-6-7-17/h1,3,5,13,16-18,25H,2,4,6-12,14H2,(H,22,26). The molecule has 0 bridgehead atoms. The van der Waals surface area contributed by atoms with E-state index in [1.165, 1.54) is 6.07 Å².